The largest absolute Gasteiger partial charge is 0.508 e. The van der Waals surface area contributed by atoms with E-state index in [1.165, 1.54) is 6.07 Å². The number of carbonyl (C=O) groups excluding carboxylic acids is 1. The monoisotopic (exact) mass is 342 g/mol. The topological polar surface area (TPSA) is 61.6 Å². The highest BCUT2D eigenvalue weighted by molar-refractivity contribution is 5.94. The van der Waals surface area contributed by atoms with Crippen LogP contribution in [-0.4, -0.2) is 56.5 Å². The molecular weight excluding hydrogens is 316 g/mol. The van der Waals surface area contributed by atoms with Crippen molar-refractivity contribution in [1.82, 2.24) is 19.4 Å². The molecule has 2 heterocycles. The van der Waals surface area contributed by atoms with Crippen LogP contribution in [0.3, 0.4) is 0 Å². The first kappa shape index (κ1) is 17.5. The van der Waals surface area contributed by atoms with Crippen LogP contribution in [0.2, 0.25) is 0 Å². The van der Waals surface area contributed by atoms with E-state index in [4.69, 9.17) is 0 Å². The number of hydrogen-bond donors (Lipinski definition) is 1. The van der Waals surface area contributed by atoms with E-state index >= 15 is 0 Å². The number of rotatable bonds is 6. The second-order valence-corrected chi connectivity index (χ2v) is 6.50. The predicted molar refractivity (Wildman–Crippen MR) is 96.5 cm³/mol. The summed E-state index contributed by atoms with van der Waals surface area (Å²) >= 11 is 0. The summed E-state index contributed by atoms with van der Waals surface area (Å²) in [4.78, 5) is 21.4. The highest BCUT2D eigenvalue weighted by atomic mass is 16.3. The highest BCUT2D eigenvalue weighted by Crippen LogP contribution is 2.25. The molecule has 0 radical (unpaired) electrons. The number of phenolic OH excluding ortho intramolecular Hbond substituents is 1. The maximum atomic E-state index is 12.9. The van der Waals surface area contributed by atoms with Crippen molar-refractivity contribution in [3.05, 3.63) is 48.0 Å². The van der Waals surface area contributed by atoms with E-state index in [0.29, 0.717) is 18.7 Å². The molecule has 6 nitrogen and oxygen atoms in total. The molecule has 1 N–H and O–H groups in total. The quantitative estimate of drug-likeness (QED) is 0.876. The first-order chi connectivity index (χ1) is 12.1. The summed E-state index contributed by atoms with van der Waals surface area (Å²) < 4.78 is 2.20. The maximum Gasteiger partial charge on any atom is 0.254 e. The van der Waals surface area contributed by atoms with Crippen LogP contribution in [0.1, 0.15) is 42.4 Å². The standard InChI is InChI=1S/C19H26N4O2/c1-3-21(4-2)9-8-16-12-22(13-17-11-20-14-23(16)17)19(25)15-6-5-7-18(24)10-15/h5-7,10-11,14,16,24H,3-4,8-9,12-13H2,1-2H3/t16-/m0/s1. The minimum absolute atomic E-state index is 0.0452. The molecule has 25 heavy (non-hydrogen) atoms. The van der Waals surface area contributed by atoms with Crippen LogP contribution in [0.25, 0.3) is 0 Å². The van der Waals surface area contributed by atoms with Crippen LogP contribution in [0.4, 0.5) is 0 Å². The fourth-order valence-corrected chi connectivity index (χ4v) is 3.46. The lowest BCUT2D eigenvalue weighted by Gasteiger charge is -2.35. The number of benzene rings is 1. The molecule has 1 aliphatic rings. The maximum absolute atomic E-state index is 12.9. The molecule has 1 atom stereocenters. The van der Waals surface area contributed by atoms with Gasteiger partial charge in [0.2, 0.25) is 0 Å². The molecule has 1 aliphatic heterocycles. The fraction of sp³-hybridized carbons (Fsp3) is 0.474. The van der Waals surface area contributed by atoms with Crippen molar-refractivity contribution in [2.75, 3.05) is 26.2 Å². The molecule has 1 aromatic carbocycles. The zero-order valence-corrected chi connectivity index (χ0v) is 14.9. The number of phenols is 1. The number of aromatic nitrogens is 2. The number of fused-ring (bicyclic) bond motifs is 1. The van der Waals surface area contributed by atoms with Gasteiger partial charge in [-0.3, -0.25) is 4.79 Å². The third-order valence-corrected chi connectivity index (χ3v) is 4.98. The summed E-state index contributed by atoms with van der Waals surface area (Å²) in [6.07, 6.45) is 4.69. The lowest BCUT2D eigenvalue weighted by molar-refractivity contribution is 0.0667. The van der Waals surface area contributed by atoms with Gasteiger partial charge in [0, 0.05) is 24.8 Å². The second-order valence-electron chi connectivity index (χ2n) is 6.50. The lowest BCUT2D eigenvalue weighted by Crippen LogP contribution is -2.41. The Morgan fingerprint density at radius 2 is 2.16 bits per heavy atom. The number of hydrogen-bond acceptors (Lipinski definition) is 4. The number of carbonyl (C=O) groups is 1. The second kappa shape index (κ2) is 7.70. The van der Waals surface area contributed by atoms with Crippen molar-refractivity contribution in [2.24, 2.45) is 0 Å². The van der Waals surface area contributed by atoms with Crippen LogP contribution >= 0.6 is 0 Å². The van der Waals surface area contributed by atoms with E-state index in [2.05, 4.69) is 28.3 Å². The third-order valence-electron chi connectivity index (χ3n) is 4.98. The molecule has 0 spiro atoms. The number of imidazole rings is 1. The Morgan fingerprint density at radius 3 is 2.88 bits per heavy atom. The Morgan fingerprint density at radius 1 is 1.36 bits per heavy atom. The Bertz CT molecular complexity index is 724. The van der Waals surface area contributed by atoms with Gasteiger partial charge < -0.3 is 19.5 Å². The lowest BCUT2D eigenvalue weighted by atomic mass is 10.1. The molecule has 1 amide bonds. The van der Waals surface area contributed by atoms with E-state index in [1.807, 2.05) is 17.4 Å². The summed E-state index contributed by atoms with van der Waals surface area (Å²) in [6, 6.07) is 6.79. The average molecular weight is 342 g/mol. The summed E-state index contributed by atoms with van der Waals surface area (Å²) in [5.74, 6) is 0.0715. The van der Waals surface area contributed by atoms with Crippen LogP contribution in [0.5, 0.6) is 5.75 Å². The van der Waals surface area contributed by atoms with Crippen molar-refractivity contribution in [3.63, 3.8) is 0 Å². The molecule has 0 fully saturated rings. The molecule has 0 bridgehead atoms. The van der Waals surface area contributed by atoms with Gasteiger partial charge in [0.05, 0.1) is 24.6 Å². The van der Waals surface area contributed by atoms with Crippen molar-refractivity contribution in [2.45, 2.75) is 32.9 Å². The van der Waals surface area contributed by atoms with E-state index in [-0.39, 0.29) is 17.7 Å². The van der Waals surface area contributed by atoms with Crippen molar-refractivity contribution < 1.29 is 9.90 Å². The molecule has 134 valence electrons. The minimum Gasteiger partial charge on any atom is -0.508 e. The number of aromatic hydroxyl groups is 1. The summed E-state index contributed by atoms with van der Waals surface area (Å²) in [5, 5.41) is 9.65. The molecule has 3 rings (SSSR count). The molecule has 1 aromatic heterocycles. The molecule has 0 unspecified atom stereocenters. The van der Waals surface area contributed by atoms with Crippen LogP contribution < -0.4 is 0 Å². The van der Waals surface area contributed by atoms with Gasteiger partial charge in [-0.2, -0.15) is 0 Å². The number of amides is 1. The van der Waals surface area contributed by atoms with Crippen molar-refractivity contribution in [1.29, 1.82) is 0 Å². The molecule has 0 aliphatic carbocycles. The Labute approximate surface area is 148 Å². The molecule has 6 heteroatoms. The Kier molecular flexibility index (Phi) is 5.38. The van der Waals surface area contributed by atoms with Crippen LogP contribution in [0.15, 0.2) is 36.8 Å². The zero-order chi connectivity index (χ0) is 17.8. The molecule has 0 saturated heterocycles. The van der Waals surface area contributed by atoms with Gasteiger partial charge in [-0.05, 0) is 37.7 Å². The first-order valence-corrected chi connectivity index (χ1v) is 8.93. The third kappa shape index (κ3) is 3.85. The summed E-state index contributed by atoms with van der Waals surface area (Å²) in [6.45, 7) is 8.63. The SMILES string of the molecule is CCN(CC)CC[C@H]1CN(C(=O)c2cccc(O)c2)Cc2cncn21. The smallest absolute Gasteiger partial charge is 0.254 e. The van der Waals surface area contributed by atoms with E-state index < -0.39 is 0 Å². The van der Waals surface area contributed by atoms with Crippen LogP contribution in [-0.2, 0) is 6.54 Å². The van der Waals surface area contributed by atoms with E-state index in [0.717, 1.165) is 31.7 Å². The first-order valence-electron chi connectivity index (χ1n) is 8.93. The minimum atomic E-state index is -0.0452. The van der Waals surface area contributed by atoms with Gasteiger partial charge in [-0.25, -0.2) is 4.98 Å². The normalized spacial score (nSPS) is 16.9. The Hall–Kier alpha value is -2.34. The van der Waals surface area contributed by atoms with Gasteiger partial charge in [0.15, 0.2) is 0 Å². The van der Waals surface area contributed by atoms with Crippen molar-refractivity contribution >= 4 is 5.91 Å². The molecule has 2 aromatic rings. The summed E-state index contributed by atoms with van der Waals surface area (Å²) in [7, 11) is 0. The average Bonchev–Trinajstić information content (AvgIpc) is 3.10. The van der Waals surface area contributed by atoms with Gasteiger partial charge in [0.1, 0.15) is 5.75 Å². The zero-order valence-electron chi connectivity index (χ0n) is 14.9. The van der Waals surface area contributed by atoms with Gasteiger partial charge in [-0.1, -0.05) is 19.9 Å². The molecular formula is C19H26N4O2. The predicted octanol–water partition coefficient (Wildman–Crippen LogP) is 2.52. The summed E-state index contributed by atoms with van der Waals surface area (Å²) in [5.41, 5.74) is 1.58. The van der Waals surface area contributed by atoms with Crippen molar-refractivity contribution in [3.8, 4) is 5.75 Å². The highest BCUT2D eigenvalue weighted by Gasteiger charge is 2.28. The van der Waals surface area contributed by atoms with Gasteiger partial charge >= 0.3 is 0 Å². The van der Waals surface area contributed by atoms with Gasteiger partial charge in [-0.15, -0.1) is 0 Å². The number of nitrogens with zero attached hydrogens (tertiary/aromatic N) is 4. The Balaban J connectivity index is 1.76. The van der Waals surface area contributed by atoms with Crippen LogP contribution in [0, 0.1) is 0 Å². The van der Waals surface area contributed by atoms with Gasteiger partial charge in [0.25, 0.3) is 5.91 Å². The van der Waals surface area contributed by atoms with E-state index in [9.17, 15) is 9.90 Å². The van der Waals surface area contributed by atoms with E-state index in [1.54, 1.807) is 18.2 Å². The molecule has 0 saturated carbocycles. The fourth-order valence-electron chi connectivity index (χ4n) is 3.46.